The summed E-state index contributed by atoms with van der Waals surface area (Å²) in [6.45, 7) is 7.56. The summed E-state index contributed by atoms with van der Waals surface area (Å²) in [6, 6.07) is 7.78. The Labute approximate surface area is 212 Å². The summed E-state index contributed by atoms with van der Waals surface area (Å²) in [5, 5.41) is 11.6. The standard InChI is InChI=1S/C27H25N9O/c1-15-13-36(14-30-15)23-12-29-11-22-18(23)8-21(32-22)25-24-20(34-35-25)6-5-19(33-24)16-7-17(10-28-9-16)31-26(37)27(2,3)4/h5-14,32H,1-4H3,(H,31,37)(H,34,35). The van der Waals surface area contributed by atoms with E-state index >= 15 is 0 Å². The van der Waals surface area contributed by atoms with Gasteiger partial charge in [-0.3, -0.25) is 19.9 Å². The maximum atomic E-state index is 12.4. The van der Waals surface area contributed by atoms with E-state index in [-0.39, 0.29) is 5.91 Å². The number of nitrogens with zero attached hydrogens (tertiary/aromatic N) is 6. The number of anilines is 1. The Morgan fingerprint density at radius 2 is 1.86 bits per heavy atom. The lowest BCUT2D eigenvalue weighted by molar-refractivity contribution is -0.123. The second kappa shape index (κ2) is 8.37. The Morgan fingerprint density at radius 1 is 1.03 bits per heavy atom. The maximum absolute atomic E-state index is 12.4. The van der Waals surface area contributed by atoms with Crippen molar-refractivity contribution in [3.8, 4) is 28.3 Å². The predicted octanol–water partition coefficient (Wildman–Crippen LogP) is 5.04. The zero-order valence-corrected chi connectivity index (χ0v) is 20.9. The highest BCUT2D eigenvalue weighted by molar-refractivity contribution is 5.97. The molecule has 3 N–H and O–H groups in total. The van der Waals surface area contributed by atoms with Crippen LogP contribution in [0.2, 0.25) is 0 Å². The quantitative estimate of drug-likeness (QED) is 0.317. The first-order valence-corrected chi connectivity index (χ1v) is 11.9. The molecule has 0 radical (unpaired) electrons. The fourth-order valence-electron chi connectivity index (χ4n) is 4.14. The molecule has 0 aromatic carbocycles. The van der Waals surface area contributed by atoms with Crippen LogP contribution in [0.25, 0.3) is 50.3 Å². The van der Waals surface area contributed by atoms with Crippen molar-refractivity contribution in [3.05, 3.63) is 67.3 Å². The Kier molecular flexibility index (Phi) is 5.11. The summed E-state index contributed by atoms with van der Waals surface area (Å²) in [5.41, 5.74) is 7.43. The van der Waals surface area contributed by atoms with Crippen molar-refractivity contribution in [2.75, 3.05) is 5.32 Å². The third-order valence-electron chi connectivity index (χ3n) is 6.15. The van der Waals surface area contributed by atoms with Gasteiger partial charge in [0.15, 0.2) is 0 Å². The Hall–Kier alpha value is -4.86. The van der Waals surface area contributed by atoms with Gasteiger partial charge in [0.05, 0.1) is 64.4 Å². The van der Waals surface area contributed by atoms with Crippen LogP contribution in [0, 0.1) is 12.3 Å². The van der Waals surface area contributed by atoms with Crippen LogP contribution in [0.15, 0.2) is 61.6 Å². The minimum absolute atomic E-state index is 0.0782. The van der Waals surface area contributed by atoms with Crippen molar-refractivity contribution in [3.63, 3.8) is 0 Å². The Morgan fingerprint density at radius 3 is 2.65 bits per heavy atom. The van der Waals surface area contributed by atoms with Crippen LogP contribution in [0.4, 0.5) is 5.69 Å². The molecule has 6 heterocycles. The van der Waals surface area contributed by atoms with E-state index in [9.17, 15) is 4.79 Å². The second-order valence-electron chi connectivity index (χ2n) is 10.1. The molecule has 10 heteroatoms. The zero-order valence-electron chi connectivity index (χ0n) is 20.9. The molecule has 0 aliphatic rings. The summed E-state index contributed by atoms with van der Waals surface area (Å²) in [6.07, 6.45) is 10.7. The van der Waals surface area contributed by atoms with Gasteiger partial charge in [0.2, 0.25) is 5.91 Å². The minimum atomic E-state index is -0.509. The molecule has 0 atom stereocenters. The second-order valence-corrected chi connectivity index (χ2v) is 10.1. The Bertz CT molecular complexity index is 1780. The maximum Gasteiger partial charge on any atom is 0.229 e. The number of carbonyl (C=O) groups is 1. The van der Waals surface area contributed by atoms with Gasteiger partial charge in [-0.1, -0.05) is 20.8 Å². The van der Waals surface area contributed by atoms with Gasteiger partial charge in [0.25, 0.3) is 0 Å². The number of aromatic nitrogens is 8. The van der Waals surface area contributed by atoms with Crippen LogP contribution in [0.1, 0.15) is 26.5 Å². The molecule has 0 aliphatic heterocycles. The number of pyridine rings is 3. The number of imidazole rings is 1. The molecule has 6 aromatic heterocycles. The molecule has 37 heavy (non-hydrogen) atoms. The van der Waals surface area contributed by atoms with Crippen molar-refractivity contribution in [2.45, 2.75) is 27.7 Å². The van der Waals surface area contributed by atoms with Gasteiger partial charge in [-0.15, -0.1) is 0 Å². The van der Waals surface area contributed by atoms with E-state index in [1.54, 1.807) is 24.9 Å². The van der Waals surface area contributed by atoms with Gasteiger partial charge in [-0.25, -0.2) is 9.97 Å². The molecule has 0 aliphatic carbocycles. The van der Waals surface area contributed by atoms with E-state index in [0.29, 0.717) is 11.4 Å². The first-order valence-electron chi connectivity index (χ1n) is 11.9. The molecular weight excluding hydrogens is 466 g/mol. The first-order chi connectivity index (χ1) is 17.8. The molecule has 0 unspecified atom stereocenters. The summed E-state index contributed by atoms with van der Waals surface area (Å²) >= 11 is 0. The molecular formula is C27H25N9O. The van der Waals surface area contributed by atoms with Gasteiger partial charge in [-0.2, -0.15) is 5.10 Å². The normalized spacial score (nSPS) is 11.9. The fourth-order valence-corrected chi connectivity index (χ4v) is 4.14. The lowest BCUT2D eigenvalue weighted by Crippen LogP contribution is -2.27. The molecule has 10 nitrogen and oxygen atoms in total. The fraction of sp³-hybridized carbons (Fsp3) is 0.185. The number of hydrogen-bond acceptors (Lipinski definition) is 6. The number of nitrogens with one attached hydrogen (secondary N) is 3. The SMILES string of the molecule is Cc1cn(-c2cncc3[nH]c(-c4n[nH]c5ccc(-c6cncc(NC(=O)C(C)(C)C)c6)nc45)cc23)cn1. The molecule has 0 saturated heterocycles. The van der Waals surface area contributed by atoms with Crippen molar-refractivity contribution in [2.24, 2.45) is 5.41 Å². The summed E-state index contributed by atoms with van der Waals surface area (Å²) < 4.78 is 1.96. The minimum Gasteiger partial charge on any atom is -0.352 e. The van der Waals surface area contributed by atoms with E-state index in [1.165, 1.54) is 0 Å². The van der Waals surface area contributed by atoms with Crippen LogP contribution in [-0.4, -0.2) is 45.6 Å². The van der Waals surface area contributed by atoms with Gasteiger partial charge < -0.3 is 14.9 Å². The van der Waals surface area contributed by atoms with Crippen LogP contribution in [0.5, 0.6) is 0 Å². The number of hydrogen-bond donors (Lipinski definition) is 3. The monoisotopic (exact) mass is 491 g/mol. The van der Waals surface area contributed by atoms with Crippen molar-refractivity contribution in [1.82, 2.24) is 39.7 Å². The van der Waals surface area contributed by atoms with Gasteiger partial charge in [0.1, 0.15) is 11.2 Å². The van der Waals surface area contributed by atoms with E-state index < -0.39 is 5.41 Å². The number of H-pyrrole nitrogens is 2. The molecule has 6 rings (SSSR count). The average Bonchev–Trinajstić information content (AvgIpc) is 3.60. The Balaban J connectivity index is 1.40. The summed E-state index contributed by atoms with van der Waals surface area (Å²) in [7, 11) is 0. The van der Waals surface area contributed by atoms with Crippen molar-refractivity contribution in [1.29, 1.82) is 0 Å². The predicted molar refractivity (Wildman–Crippen MR) is 142 cm³/mol. The number of rotatable bonds is 4. The zero-order chi connectivity index (χ0) is 25.7. The molecule has 0 saturated carbocycles. The third kappa shape index (κ3) is 4.12. The number of fused-ring (bicyclic) bond motifs is 2. The lowest BCUT2D eigenvalue weighted by Gasteiger charge is -2.17. The third-order valence-corrected chi connectivity index (χ3v) is 6.15. The number of aryl methyl sites for hydroxylation is 1. The highest BCUT2D eigenvalue weighted by Crippen LogP contribution is 2.32. The summed E-state index contributed by atoms with van der Waals surface area (Å²) in [5.74, 6) is -0.0782. The molecule has 184 valence electrons. The molecule has 0 bridgehead atoms. The largest absolute Gasteiger partial charge is 0.352 e. The molecule has 0 spiro atoms. The van der Waals surface area contributed by atoms with E-state index in [1.807, 2.05) is 62.9 Å². The number of aromatic amines is 2. The number of carbonyl (C=O) groups excluding carboxylic acids is 1. The van der Waals surface area contributed by atoms with Gasteiger partial charge in [-0.05, 0) is 31.2 Å². The van der Waals surface area contributed by atoms with E-state index in [0.717, 1.165) is 50.3 Å². The summed E-state index contributed by atoms with van der Waals surface area (Å²) in [4.78, 5) is 33.8. The van der Waals surface area contributed by atoms with Crippen LogP contribution >= 0.6 is 0 Å². The van der Waals surface area contributed by atoms with Crippen molar-refractivity contribution >= 4 is 33.5 Å². The van der Waals surface area contributed by atoms with E-state index in [2.05, 4.69) is 41.5 Å². The van der Waals surface area contributed by atoms with Gasteiger partial charge >= 0.3 is 0 Å². The first kappa shape index (κ1) is 22.6. The molecule has 0 fully saturated rings. The van der Waals surface area contributed by atoms with Crippen LogP contribution in [-0.2, 0) is 4.79 Å². The highest BCUT2D eigenvalue weighted by Gasteiger charge is 2.21. The number of amides is 1. The van der Waals surface area contributed by atoms with Crippen LogP contribution < -0.4 is 5.32 Å². The molecule has 1 amide bonds. The highest BCUT2D eigenvalue weighted by atomic mass is 16.2. The van der Waals surface area contributed by atoms with Crippen LogP contribution in [0.3, 0.4) is 0 Å². The van der Waals surface area contributed by atoms with Gasteiger partial charge in [0, 0.05) is 28.8 Å². The topological polar surface area (TPSA) is 130 Å². The smallest absolute Gasteiger partial charge is 0.229 e. The van der Waals surface area contributed by atoms with E-state index in [4.69, 9.17) is 4.98 Å². The van der Waals surface area contributed by atoms with Crippen molar-refractivity contribution < 1.29 is 4.79 Å². The molecule has 6 aromatic rings. The lowest BCUT2D eigenvalue weighted by atomic mass is 9.95. The average molecular weight is 492 g/mol.